The van der Waals surface area contributed by atoms with E-state index in [4.69, 9.17) is 4.74 Å². The third kappa shape index (κ3) is 7.14. The molecule has 33 heavy (non-hydrogen) atoms. The number of amides is 2. The van der Waals surface area contributed by atoms with Crippen molar-refractivity contribution in [1.29, 1.82) is 0 Å². The third-order valence-corrected chi connectivity index (χ3v) is 4.74. The smallest absolute Gasteiger partial charge is 0.308 e. The molecule has 0 saturated heterocycles. The van der Waals surface area contributed by atoms with Crippen LogP contribution in [0.5, 0.6) is 5.75 Å². The molecular weight excluding hydrogens is 420 g/mol. The van der Waals surface area contributed by atoms with Crippen LogP contribution in [0.25, 0.3) is 0 Å². The van der Waals surface area contributed by atoms with Crippen molar-refractivity contribution in [2.75, 3.05) is 10.6 Å². The van der Waals surface area contributed by atoms with Gasteiger partial charge in [-0.25, -0.2) is 0 Å². The molecule has 3 aromatic carbocycles. The molecule has 0 aliphatic carbocycles. The van der Waals surface area contributed by atoms with Gasteiger partial charge >= 0.3 is 5.97 Å². The standard InChI is InChI=1S/C26H24N2O5/c1-17-6-8-19(9-7-17)24(30)14-15-25(31)27-21-10-12-22(13-11-21)28-26(32)20-4-3-5-23(16-20)33-18(2)29/h3-13,16H,14-15H2,1-2H3,(H,27,31)(H,28,32). The second kappa shape index (κ2) is 10.9. The average molecular weight is 444 g/mol. The van der Waals surface area contributed by atoms with Crippen molar-refractivity contribution in [2.45, 2.75) is 26.7 Å². The molecule has 0 bridgehead atoms. The summed E-state index contributed by atoms with van der Waals surface area (Å²) in [5.41, 5.74) is 3.08. The average Bonchev–Trinajstić information content (AvgIpc) is 2.79. The number of ether oxygens (including phenoxy) is 1. The van der Waals surface area contributed by atoms with Crippen LogP contribution in [-0.2, 0) is 9.59 Å². The van der Waals surface area contributed by atoms with Crippen molar-refractivity contribution >= 4 is 34.9 Å². The number of hydrogen-bond acceptors (Lipinski definition) is 5. The number of nitrogens with one attached hydrogen (secondary N) is 2. The summed E-state index contributed by atoms with van der Waals surface area (Å²) < 4.78 is 4.99. The van der Waals surface area contributed by atoms with Gasteiger partial charge < -0.3 is 15.4 Å². The Morgan fingerprint density at radius 2 is 1.39 bits per heavy atom. The largest absolute Gasteiger partial charge is 0.427 e. The Balaban J connectivity index is 1.51. The third-order valence-electron chi connectivity index (χ3n) is 4.74. The fraction of sp³-hybridized carbons (Fsp3) is 0.154. The monoisotopic (exact) mass is 444 g/mol. The number of benzene rings is 3. The van der Waals surface area contributed by atoms with Crippen molar-refractivity contribution in [3.8, 4) is 5.75 Å². The first-order chi connectivity index (χ1) is 15.8. The molecule has 0 unspecified atom stereocenters. The molecule has 3 rings (SSSR count). The summed E-state index contributed by atoms with van der Waals surface area (Å²) in [6.07, 6.45) is 0.194. The zero-order valence-corrected chi connectivity index (χ0v) is 18.4. The van der Waals surface area contributed by atoms with Crippen LogP contribution in [0.2, 0.25) is 0 Å². The number of ketones is 1. The Labute approximate surface area is 191 Å². The Morgan fingerprint density at radius 3 is 2.03 bits per heavy atom. The molecule has 2 N–H and O–H groups in total. The van der Waals surface area contributed by atoms with E-state index >= 15 is 0 Å². The van der Waals surface area contributed by atoms with Crippen LogP contribution < -0.4 is 15.4 Å². The van der Waals surface area contributed by atoms with E-state index in [1.54, 1.807) is 54.6 Å². The van der Waals surface area contributed by atoms with Gasteiger partial charge in [0.1, 0.15) is 5.75 Å². The number of aryl methyl sites for hydroxylation is 1. The number of anilines is 2. The predicted octanol–water partition coefficient (Wildman–Crippen LogP) is 4.77. The molecule has 0 heterocycles. The number of carbonyl (C=O) groups excluding carboxylic acids is 4. The van der Waals surface area contributed by atoms with Gasteiger partial charge in [0.05, 0.1) is 0 Å². The lowest BCUT2D eigenvalue weighted by Crippen LogP contribution is -2.14. The van der Waals surface area contributed by atoms with Crippen LogP contribution in [0.15, 0.2) is 72.8 Å². The SMILES string of the molecule is CC(=O)Oc1cccc(C(=O)Nc2ccc(NC(=O)CCC(=O)c3ccc(C)cc3)cc2)c1. The van der Waals surface area contributed by atoms with E-state index in [0.717, 1.165) is 5.56 Å². The van der Waals surface area contributed by atoms with E-state index in [-0.39, 0.29) is 36.2 Å². The Morgan fingerprint density at radius 1 is 0.758 bits per heavy atom. The first kappa shape index (κ1) is 23.4. The van der Waals surface area contributed by atoms with Crippen molar-refractivity contribution in [2.24, 2.45) is 0 Å². The molecule has 2 amide bonds. The lowest BCUT2D eigenvalue weighted by Gasteiger charge is -2.09. The Kier molecular flexibility index (Phi) is 7.70. The van der Waals surface area contributed by atoms with Crippen LogP contribution in [0.1, 0.15) is 46.0 Å². The number of rotatable bonds is 8. The maximum atomic E-state index is 12.4. The number of hydrogen-bond donors (Lipinski definition) is 2. The quantitative estimate of drug-likeness (QED) is 0.296. The van der Waals surface area contributed by atoms with E-state index < -0.39 is 5.97 Å². The van der Waals surface area contributed by atoms with Crippen molar-refractivity contribution in [3.05, 3.63) is 89.5 Å². The normalized spacial score (nSPS) is 10.2. The summed E-state index contributed by atoms with van der Waals surface area (Å²) >= 11 is 0. The van der Waals surface area contributed by atoms with Crippen LogP contribution in [-0.4, -0.2) is 23.6 Å². The molecule has 0 fully saturated rings. The molecule has 0 radical (unpaired) electrons. The van der Waals surface area contributed by atoms with Gasteiger partial charge in [0, 0.05) is 42.3 Å². The summed E-state index contributed by atoms with van der Waals surface area (Å²) in [6, 6.07) is 20.2. The van der Waals surface area contributed by atoms with Crippen LogP contribution in [0, 0.1) is 6.92 Å². The fourth-order valence-corrected chi connectivity index (χ4v) is 3.04. The summed E-state index contributed by atoms with van der Waals surface area (Å²) in [4.78, 5) is 47.9. The van der Waals surface area contributed by atoms with Gasteiger partial charge in [0.25, 0.3) is 5.91 Å². The minimum absolute atomic E-state index is 0.0733. The molecule has 0 aliphatic rings. The topological polar surface area (TPSA) is 102 Å². The van der Waals surface area contributed by atoms with Gasteiger partial charge in [0.15, 0.2) is 5.78 Å². The number of esters is 1. The van der Waals surface area contributed by atoms with Crippen LogP contribution in [0.3, 0.4) is 0 Å². The highest BCUT2D eigenvalue weighted by Crippen LogP contribution is 2.18. The predicted molar refractivity (Wildman–Crippen MR) is 126 cm³/mol. The first-order valence-corrected chi connectivity index (χ1v) is 10.4. The van der Waals surface area contributed by atoms with Gasteiger partial charge in [-0.15, -0.1) is 0 Å². The molecule has 168 valence electrons. The van der Waals surface area contributed by atoms with Gasteiger partial charge in [-0.1, -0.05) is 35.9 Å². The summed E-state index contributed by atoms with van der Waals surface area (Å²) in [6.45, 7) is 3.23. The highest BCUT2D eigenvalue weighted by molar-refractivity contribution is 6.05. The van der Waals surface area contributed by atoms with E-state index in [1.165, 1.54) is 13.0 Å². The number of carbonyl (C=O) groups is 4. The van der Waals surface area contributed by atoms with Gasteiger partial charge in [-0.3, -0.25) is 19.2 Å². The second-order valence-corrected chi connectivity index (χ2v) is 7.49. The zero-order chi connectivity index (χ0) is 23.8. The molecule has 7 nitrogen and oxygen atoms in total. The van der Waals surface area contributed by atoms with Gasteiger partial charge in [-0.2, -0.15) is 0 Å². The minimum Gasteiger partial charge on any atom is -0.427 e. The van der Waals surface area contributed by atoms with Crippen molar-refractivity contribution < 1.29 is 23.9 Å². The molecule has 0 saturated carbocycles. The van der Waals surface area contributed by atoms with Gasteiger partial charge in [-0.05, 0) is 49.4 Å². The van der Waals surface area contributed by atoms with E-state index in [9.17, 15) is 19.2 Å². The van der Waals surface area contributed by atoms with Crippen molar-refractivity contribution in [3.63, 3.8) is 0 Å². The highest BCUT2D eigenvalue weighted by atomic mass is 16.5. The minimum atomic E-state index is -0.468. The molecule has 7 heteroatoms. The summed E-state index contributed by atoms with van der Waals surface area (Å²) in [5.74, 6) is -0.898. The second-order valence-electron chi connectivity index (χ2n) is 7.49. The van der Waals surface area contributed by atoms with E-state index in [0.29, 0.717) is 22.5 Å². The molecule has 0 aliphatic heterocycles. The fourth-order valence-electron chi connectivity index (χ4n) is 3.04. The summed E-state index contributed by atoms with van der Waals surface area (Å²) in [7, 11) is 0. The van der Waals surface area contributed by atoms with Crippen LogP contribution >= 0.6 is 0 Å². The van der Waals surface area contributed by atoms with Crippen molar-refractivity contribution in [1.82, 2.24) is 0 Å². The Hall–Kier alpha value is -4.26. The molecule has 3 aromatic rings. The number of Topliss-reactive ketones (excluding diaryl/α,β-unsaturated/α-hetero) is 1. The molecule has 0 aromatic heterocycles. The zero-order valence-electron chi connectivity index (χ0n) is 18.4. The summed E-state index contributed by atoms with van der Waals surface area (Å²) in [5, 5.41) is 5.49. The molecule has 0 atom stereocenters. The molecule has 0 spiro atoms. The molecular formula is C26H24N2O5. The maximum Gasteiger partial charge on any atom is 0.308 e. The van der Waals surface area contributed by atoms with Gasteiger partial charge in [0.2, 0.25) is 5.91 Å². The van der Waals surface area contributed by atoms with E-state index in [2.05, 4.69) is 10.6 Å². The highest BCUT2D eigenvalue weighted by Gasteiger charge is 2.11. The lowest BCUT2D eigenvalue weighted by molar-refractivity contribution is -0.131. The Bertz CT molecular complexity index is 1170. The van der Waals surface area contributed by atoms with Crippen LogP contribution in [0.4, 0.5) is 11.4 Å². The lowest BCUT2D eigenvalue weighted by atomic mass is 10.0. The first-order valence-electron chi connectivity index (χ1n) is 10.4. The maximum absolute atomic E-state index is 12.4. The van der Waals surface area contributed by atoms with E-state index in [1.807, 2.05) is 19.1 Å².